The summed E-state index contributed by atoms with van der Waals surface area (Å²) in [6, 6.07) is 7.75. The van der Waals surface area contributed by atoms with Crippen LogP contribution in [0.2, 0.25) is 0 Å². The Labute approximate surface area is 205 Å². The minimum atomic E-state index is -0.908. The molecule has 2 aromatic rings. The van der Waals surface area contributed by atoms with E-state index in [1.165, 1.54) is 36.4 Å². The number of hydrogen-bond donors (Lipinski definition) is 0. The molecule has 0 unspecified atom stereocenters. The van der Waals surface area contributed by atoms with Crippen molar-refractivity contribution in [3.63, 3.8) is 0 Å². The fraction of sp³-hybridized carbons (Fsp3) is 0. The highest BCUT2D eigenvalue weighted by atomic mass is 16.5. The van der Waals surface area contributed by atoms with Crippen molar-refractivity contribution < 1.29 is 43.1 Å². The lowest BCUT2D eigenvalue weighted by molar-refractivity contribution is -0.149. The number of hydrazine groups is 2. The fourth-order valence-electron chi connectivity index (χ4n) is 4.22. The summed E-state index contributed by atoms with van der Waals surface area (Å²) in [5.41, 5.74) is -0.341. The van der Waals surface area contributed by atoms with Gasteiger partial charge in [0.25, 0.3) is 47.3 Å². The SMILES string of the molecule is O=C1C=CC(=O)N1N1C(=O)c2ccc(Oc3ccc4c(c3)C(=O)N(N3C(=O)C=CC3=O)C4=O)cc2C1=O. The van der Waals surface area contributed by atoms with Gasteiger partial charge in [-0.05, 0) is 36.4 Å². The van der Waals surface area contributed by atoms with Gasteiger partial charge in [0, 0.05) is 24.3 Å². The second-order valence-corrected chi connectivity index (χ2v) is 8.00. The van der Waals surface area contributed by atoms with Crippen molar-refractivity contribution in [2.45, 2.75) is 0 Å². The van der Waals surface area contributed by atoms with Crippen LogP contribution < -0.4 is 4.74 Å². The van der Waals surface area contributed by atoms with Crippen LogP contribution in [0.3, 0.4) is 0 Å². The lowest BCUT2D eigenvalue weighted by Crippen LogP contribution is -2.49. The first-order valence-electron chi connectivity index (χ1n) is 10.5. The van der Waals surface area contributed by atoms with E-state index in [1.807, 2.05) is 0 Å². The zero-order valence-corrected chi connectivity index (χ0v) is 18.2. The predicted octanol–water partition coefficient (Wildman–Crippen LogP) is 0.351. The van der Waals surface area contributed by atoms with Crippen LogP contribution in [0.15, 0.2) is 60.7 Å². The molecule has 0 aliphatic carbocycles. The molecule has 4 aliphatic heterocycles. The Kier molecular flexibility index (Phi) is 4.35. The van der Waals surface area contributed by atoms with Crippen molar-refractivity contribution in [1.82, 2.24) is 20.0 Å². The summed E-state index contributed by atoms with van der Waals surface area (Å²) in [5.74, 6) is -6.75. The van der Waals surface area contributed by atoms with E-state index in [-0.39, 0.29) is 33.8 Å². The molecule has 6 rings (SSSR count). The van der Waals surface area contributed by atoms with Gasteiger partial charge in [0.15, 0.2) is 0 Å². The first kappa shape index (κ1) is 21.8. The molecule has 0 saturated carbocycles. The molecule has 37 heavy (non-hydrogen) atoms. The van der Waals surface area contributed by atoms with Gasteiger partial charge in [0.2, 0.25) is 0 Å². The third-order valence-electron chi connectivity index (χ3n) is 5.88. The molecular formula is C24H10N4O9. The summed E-state index contributed by atoms with van der Waals surface area (Å²) in [7, 11) is 0. The molecule has 180 valence electrons. The van der Waals surface area contributed by atoms with Gasteiger partial charge in [0.1, 0.15) is 11.5 Å². The molecule has 0 saturated heterocycles. The molecule has 0 fully saturated rings. The number of benzene rings is 2. The maximum Gasteiger partial charge on any atom is 0.281 e. The van der Waals surface area contributed by atoms with Crippen molar-refractivity contribution >= 4 is 47.3 Å². The molecule has 0 spiro atoms. The Bertz CT molecular complexity index is 1480. The molecule has 4 heterocycles. The van der Waals surface area contributed by atoms with E-state index >= 15 is 0 Å². The highest BCUT2D eigenvalue weighted by Gasteiger charge is 2.46. The van der Waals surface area contributed by atoms with Crippen molar-refractivity contribution in [3.05, 3.63) is 83.0 Å². The molecule has 2 aromatic carbocycles. The van der Waals surface area contributed by atoms with Crippen LogP contribution in [0.5, 0.6) is 11.5 Å². The summed E-state index contributed by atoms with van der Waals surface area (Å²) in [6.07, 6.45) is 3.75. The van der Waals surface area contributed by atoms with Crippen LogP contribution in [0, 0.1) is 0 Å². The molecule has 4 aliphatic rings. The maximum atomic E-state index is 12.9. The minimum Gasteiger partial charge on any atom is -0.457 e. The number of fused-ring (bicyclic) bond motifs is 2. The Morgan fingerprint density at radius 1 is 0.405 bits per heavy atom. The van der Waals surface area contributed by atoms with E-state index in [0.717, 1.165) is 24.3 Å². The van der Waals surface area contributed by atoms with Crippen LogP contribution in [-0.4, -0.2) is 67.3 Å². The van der Waals surface area contributed by atoms with Crippen LogP contribution in [0.1, 0.15) is 41.4 Å². The largest absolute Gasteiger partial charge is 0.457 e. The normalized spacial score (nSPS) is 18.3. The van der Waals surface area contributed by atoms with Gasteiger partial charge in [-0.15, -0.1) is 0 Å². The summed E-state index contributed by atoms with van der Waals surface area (Å²) < 4.78 is 5.72. The Hall–Kier alpha value is -5.72. The van der Waals surface area contributed by atoms with E-state index in [9.17, 15) is 38.4 Å². The van der Waals surface area contributed by atoms with Gasteiger partial charge in [-0.3, -0.25) is 38.4 Å². The molecular weight excluding hydrogens is 488 g/mol. The lowest BCUT2D eigenvalue weighted by Gasteiger charge is -2.22. The number of amides is 8. The average Bonchev–Trinajstić information content (AvgIpc) is 3.53. The first-order valence-corrected chi connectivity index (χ1v) is 10.5. The predicted molar refractivity (Wildman–Crippen MR) is 116 cm³/mol. The summed E-state index contributed by atoms with van der Waals surface area (Å²) >= 11 is 0. The van der Waals surface area contributed by atoms with Crippen LogP contribution in [0.4, 0.5) is 0 Å². The zero-order valence-electron chi connectivity index (χ0n) is 18.2. The van der Waals surface area contributed by atoms with Crippen LogP contribution in [0.25, 0.3) is 0 Å². The average molecular weight is 498 g/mol. The monoisotopic (exact) mass is 498 g/mol. The standard InChI is InChI=1S/C24H10N4O9/c29-17-5-6-18(30)25(17)27-21(33)13-3-1-11(9-15(13)23(27)35)37-12-2-4-14-16(10-12)24(36)28(22(14)34)26-19(31)7-8-20(26)32/h1-10H. The number of hydrogen-bond acceptors (Lipinski definition) is 9. The van der Waals surface area contributed by atoms with Crippen molar-refractivity contribution in [1.29, 1.82) is 0 Å². The minimum absolute atomic E-state index is 0.0521. The van der Waals surface area contributed by atoms with E-state index in [1.54, 1.807) is 0 Å². The Balaban J connectivity index is 1.27. The third-order valence-corrected chi connectivity index (χ3v) is 5.88. The third kappa shape index (κ3) is 2.97. The molecule has 0 aromatic heterocycles. The van der Waals surface area contributed by atoms with E-state index < -0.39 is 47.3 Å². The summed E-state index contributed by atoms with van der Waals surface area (Å²) in [6.45, 7) is 0. The number of imide groups is 4. The highest BCUT2D eigenvalue weighted by molar-refractivity contribution is 6.26. The van der Waals surface area contributed by atoms with Crippen molar-refractivity contribution in [2.75, 3.05) is 0 Å². The molecule has 8 amide bonds. The van der Waals surface area contributed by atoms with Gasteiger partial charge >= 0.3 is 0 Å². The lowest BCUT2D eigenvalue weighted by atomic mass is 10.1. The number of nitrogens with zero attached hydrogens (tertiary/aromatic N) is 4. The van der Waals surface area contributed by atoms with Crippen molar-refractivity contribution in [2.24, 2.45) is 0 Å². The van der Waals surface area contributed by atoms with Gasteiger partial charge in [-0.25, -0.2) is 0 Å². The number of ether oxygens (including phenoxy) is 1. The second kappa shape index (κ2) is 7.39. The van der Waals surface area contributed by atoms with Crippen molar-refractivity contribution in [3.8, 4) is 11.5 Å². The van der Waals surface area contributed by atoms with Gasteiger partial charge in [-0.1, -0.05) is 0 Å². The van der Waals surface area contributed by atoms with Crippen LogP contribution in [-0.2, 0) is 19.2 Å². The van der Waals surface area contributed by atoms with E-state index in [4.69, 9.17) is 4.74 Å². The first-order chi connectivity index (χ1) is 17.7. The molecule has 13 nitrogen and oxygen atoms in total. The van der Waals surface area contributed by atoms with E-state index in [0.29, 0.717) is 20.0 Å². The van der Waals surface area contributed by atoms with Gasteiger partial charge in [-0.2, -0.15) is 20.0 Å². The molecule has 0 radical (unpaired) electrons. The zero-order chi connectivity index (χ0) is 26.2. The summed E-state index contributed by atoms with van der Waals surface area (Å²) in [5, 5.41) is 1.77. The highest BCUT2D eigenvalue weighted by Crippen LogP contribution is 2.34. The van der Waals surface area contributed by atoms with Crippen LogP contribution >= 0.6 is 0 Å². The molecule has 0 N–H and O–H groups in total. The fourth-order valence-corrected chi connectivity index (χ4v) is 4.22. The maximum absolute atomic E-state index is 12.9. The topological polar surface area (TPSA) is 159 Å². The Morgan fingerprint density at radius 3 is 1.08 bits per heavy atom. The smallest absolute Gasteiger partial charge is 0.281 e. The van der Waals surface area contributed by atoms with E-state index in [2.05, 4.69) is 0 Å². The molecule has 13 heteroatoms. The van der Waals surface area contributed by atoms with Gasteiger partial charge in [0.05, 0.1) is 22.3 Å². The Morgan fingerprint density at radius 2 is 0.730 bits per heavy atom. The molecule has 0 atom stereocenters. The number of carbonyl (C=O) groups excluding carboxylic acids is 8. The second-order valence-electron chi connectivity index (χ2n) is 8.00. The summed E-state index contributed by atoms with van der Waals surface area (Å²) in [4.78, 5) is 98.9. The molecule has 0 bridgehead atoms. The number of carbonyl (C=O) groups is 8. The number of rotatable bonds is 4. The quantitative estimate of drug-likeness (QED) is 0.542. The van der Waals surface area contributed by atoms with Gasteiger partial charge < -0.3 is 4.74 Å².